The highest BCUT2D eigenvalue weighted by molar-refractivity contribution is 5.94. The van der Waals surface area contributed by atoms with Gasteiger partial charge in [0.2, 0.25) is 11.9 Å². The van der Waals surface area contributed by atoms with Crippen molar-refractivity contribution in [3.05, 3.63) is 47.4 Å². The topological polar surface area (TPSA) is 96.5 Å². The molecule has 4 rings (SSSR count). The molecule has 35 heavy (non-hydrogen) atoms. The van der Waals surface area contributed by atoms with Crippen LogP contribution in [0.15, 0.2) is 30.5 Å². The summed E-state index contributed by atoms with van der Waals surface area (Å²) in [6, 6.07) is 5.28. The smallest absolute Gasteiger partial charge is 0.415 e. The van der Waals surface area contributed by atoms with Crippen LogP contribution in [0.2, 0.25) is 0 Å². The molecule has 2 amide bonds. The summed E-state index contributed by atoms with van der Waals surface area (Å²) in [5.74, 6) is -3.20. The maximum Gasteiger partial charge on any atom is 0.415 e. The Bertz CT molecular complexity index is 1090. The average molecular weight is 492 g/mol. The predicted molar refractivity (Wildman–Crippen MR) is 123 cm³/mol. The summed E-state index contributed by atoms with van der Waals surface area (Å²) >= 11 is 0. The third-order valence-corrected chi connectivity index (χ3v) is 6.34. The number of hydrogen-bond acceptors (Lipinski definition) is 6. The van der Waals surface area contributed by atoms with Gasteiger partial charge in [-0.1, -0.05) is 19.9 Å². The number of anilines is 2. The number of rotatable bonds is 7. The van der Waals surface area contributed by atoms with Gasteiger partial charge in [0.1, 0.15) is 18.2 Å². The largest absolute Gasteiger partial charge is 0.447 e. The van der Waals surface area contributed by atoms with E-state index in [2.05, 4.69) is 20.6 Å². The molecule has 1 saturated carbocycles. The first kappa shape index (κ1) is 24.7. The van der Waals surface area contributed by atoms with Gasteiger partial charge in [-0.05, 0) is 42.5 Å². The van der Waals surface area contributed by atoms with Gasteiger partial charge in [0.25, 0.3) is 5.91 Å². The number of nitrogens with one attached hydrogen (secondary N) is 2. The zero-order chi connectivity index (χ0) is 25.2. The van der Waals surface area contributed by atoms with E-state index in [-0.39, 0.29) is 62.3 Å². The van der Waals surface area contributed by atoms with Gasteiger partial charge in [-0.2, -0.15) is 4.98 Å². The Morgan fingerprint density at radius 2 is 2.00 bits per heavy atom. The van der Waals surface area contributed by atoms with Crippen LogP contribution in [0.1, 0.15) is 55.5 Å². The normalized spacial score (nSPS) is 20.1. The molecule has 1 atom stereocenters. The minimum Gasteiger partial charge on any atom is -0.447 e. The van der Waals surface area contributed by atoms with Crippen molar-refractivity contribution in [3.8, 4) is 0 Å². The molecule has 1 saturated heterocycles. The quantitative estimate of drug-likeness (QED) is 0.592. The van der Waals surface area contributed by atoms with Gasteiger partial charge in [-0.3, -0.25) is 9.69 Å². The predicted octanol–water partition coefficient (Wildman–Crippen LogP) is 4.52. The number of nitrogens with zero attached hydrogens (tertiary/aromatic N) is 3. The van der Waals surface area contributed by atoms with Gasteiger partial charge in [-0.15, -0.1) is 0 Å². The van der Waals surface area contributed by atoms with E-state index >= 15 is 0 Å². The summed E-state index contributed by atoms with van der Waals surface area (Å²) < 4.78 is 46.4. The van der Waals surface area contributed by atoms with Crippen molar-refractivity contribution in [2.24, 2.45) is 5.92 Å². The Balaban J connectivity index is 1.37. The van der Waals surface area contributed by atoms with E-state index in [4.69, 9.17) is 4.74 Å². The number of aromatic nitrogens is 2. The van der Waals surface area contributed by atoms with Crippen LogP contribution in [0.4, 0.5) is 29.7 Å². The van der Waals surface area contributed by atoms with Gasteiger partial charge in [-0.25, -0.2) is 22.9 Å². The number of halogens is 3. The summed E-state index contributed by atoms with van der Waals surface area (Å²) in [4.78, 5) is 34.6. The van der Waals surface area contributed by atoms with E-state index in [1.54, 1.807) is 12.1 Å². The number of benzene rings is 1. The van der Waals surface area contributed by atoms with Crippen LogP contribution < -0.4 is 15.5 Å². The fourth-order valence-electron chi connectivity index (χ4n) is 4.24. The molecular formula is C24H28F3N5O3. The van der Waals surface area contributed by atoms with E-state index in [0.717, 1.165) is 0 Å². The van der Waals surface area contributed by atoms with Gasteiger partial charge in [0.15, 0.2) is 0 Å². The Kier molecular flexibility index (Phi) is 7.13. The van der Waals surface area contributed by atoms with Crippen molar-refractivity contribution in [2.45, 2.75) is 64.1 Å². The summed E-state index contributed by atoms with van der Waals surface area (Å²) in [5.41, 5.74) is 0.405. The standard InChI is InChI=1S/C24H28F3N5O3/c1-14(2)19-13-35-23(34)32(19)20-7-10-28-22(31-20)29-12-15-3-4-17(18(25)11-15)21(33)30-16-5-8-24(26,27)9-6-16/h3-4,7,10-11,14,16,19H,5-6,8-9,12-13H2,1-2H3,(H,30,33)(H,28,29,31). The van der Waals surface area contributed by atoms with Crippen LogP contribution in [0.25, 0.3) is 0 Å². The number of amides is 2. The third-order valence-electron chi connectivity index (χ3n) is 6.34. The lowest BCUT2D eigenvalue weighted by molar-refractivity contribution is -0.0399. The lowest BCUT2D eigenvalue weighted by atomic mass is 9.92. The second-order valence-corrected chi connectivity index (χ2v) is 9.27. The van der Waals surface area contributed by atoms with Crippen LogP contribution in [-0.2, 0) is 11.3 Å². The van der Waals surface area contributed by atoms with Crippen molar-refractivity contribution in [3.63, 3.8) is 0 Å². The number of carbonyl (C=O) groups is 2. The van der Waals surface area contributed by atoms with Gasteiger partial charge in [0, 0.05) is 31.6 Å². The van der Waals surface area contributed by atoms with E-state index in [0.29, 0.717) is 11.4 Å². The summed E-state index contributed by atoms with van der Waals surface area (Å²) in [6.07, 6.45) is 0.800. The third kappa shape index (κ3) is 5.83. The van der Waals surface area contributed by atoms with Crippen molar-refractivity contribution in [1.82, 2.24) is 15.3 Å². The lowest BCUT2D eigenvalue weighted by Gasteiger charge is -2.28. The van der Waals surface area contributed by atoms with Crippen LogP contribution in [0.3, 0.4) is 0 Å². The highest BCUT2D eigenvalue weighted by Gasteiger charge is 2.37. The fraction of sp³-hybridized carbons (Fsp3) is 0.500. The Morgan fingerprint density at radius 1 is 1.26 bits per heavy atom. The van der Waals surface area contributed by atoms with Gasteiger partial charge in [0.05, 0.1) is 11.6 Å². The molecular weight excluding hydrogens is 463 g/mol. The number of ether oxygens (including phenoxy) is 1. The average Bonchev–Trinajstić information content (AvgIpc) is 3.21. The molecule has 11 heteroatoms. The van der Waals surface area contributed by atoms with E-state index in [1.807, 2.05) is 13.8 Å². The van der Waals surface area contributed by atoms with E-state index in [1.165, 1.54) is 23.2 Å². The first-order valence-electron chi connectivity index (χ1n) is 11.6. The monoisotopic (exact) mass is 491 g/mol. The van der Waals surface area contributed by atoms with Crippen molar-refractivity contribution in [1.29, 1.82) is 0 Å². The van der Waals surface area contributed by atoms with Crippen molar-refractivity contribution >= 4 is 23.8 Å². The zero-order valence-corrected chi connectivity index (χ0v) is 19.6. The molecule has 188 valence electrons. The Hall–Kier alpha value is -3.37. The molecule has 1 aromatic heterocycles. The van der Waals surface area contributed by atoms with Crippen LogP contribution >= 0.6 is 0 Å². The molecule has 0 bridgehead atoms. The Morgan fingerprint density at radius 3 is 2.69 bits per heavy atom. The minimum absolute atomic E-state index is 0.136. The van der Waals surface area contributed by atoms with Gasteiger partial charge >= 0.3 is 6.09 Å². The molecule has 1 aromatic carbocycles. The summed E-state index contributed by atoms with van der Waals surface area (Å²) in [7, 11) is 0. The first-order chi connectivity index (χ1) is 16.6. The second kappa shape index (κ2) is 10.1. The lowest BCUT2D eigenvalue weighted by Crippen LogP contribution is -2.40. The SMILES string of the molecule is CC(C)C1COC(=O)N1c1ccnc(NCc2ccc(C(=O)NC3CCC(F)(F)CC3)c(F)c2)n1. The molecule has 1 aliphatic heterocycles. The highest BCUT2D eigenvalue weighted by Crippen LogP contribution is 2.33. The van der Waals surface area contributed by atoms with Crippen LogP contribution in [0.5, 0.6) is 0 Å². The molecule has 1 unspecified atom stereocenters. The molecule has 2 aromatic rings. The van der Waals surface area contributed by atoms with Gasteiger partial charge < -0.3 is 15.4 Å². The van der Waals surface area contributed by atoms with Crippen LogP contribution in [-0.4, -0.2) is 46.6 Å². The maximum absolute atomic E-state index is 14.6. The molecule has 2 aliphatic rings. The number of carbonyl (C=O) groups excluding carboxylic acids is 2. The molecule has 0 radical (unpaired) electrons. The van der Waals surface area contributed by atoms with Crippen molar-refractivity contribution in [2.75, 3.05) is 16.8 Å². The first-order valence-corrected chi connectivity index (χ1v) is 11.6. The number of cyclic esters (lactones) is 1. The molecule has 1 aliphatic carbocycles. The Labute approximate surface area is 201 Å². The highest BCUT2D eigenvalue weighted by atomic mass is 19.3. The molecule has 2 N–H and O–H groups in total. The number of hydrogen-bond donors (Lipinski definition) is 2. The summed E-state index contributed by atoms with van der Waals surface area (Å²) in [6.45, 7) is 4.45. The zero-order valence-electron chi connectivity index (χ0n) is 19.6. The molecule has 8 nitrogen and oxygen atoms in total. The minimum atomic E-state index is -2.70. The molecule has 0 spiro atoms. The second-order valence-electron chi connectivity index (χ2n) is 9.27. The maximum atomic E-state index is 14.6. The number of alkyl halides is 2. The fourth-order valence-corrected chi connectivity index (χ4v) is 4.24. The summed E-state index contributed by atoms with van der Waals surface area (Å²) in [5, 5.41) is 5.64. The molecule has 2 heterocycles. The van der Waals surface area contributed by atoms with Crippen LogP contribution in [0, 0.1) is 11.7 Å². The van der Waals surface area contributed by atoms with Crippen molar-refractivity contribution < 1.29 is 27.5 Å². The van der Waals surface area contributed by atoms with E-state index < -0.39 is 29.8 Å². The van der Waals surface area contributed by atoms with E-state index in [9.17, 15) is 22.8 Å². The molecule has 2 fully saturated rings.